The van der Waals surface area contributed by atoms with Crippen molar-refractivity contribution in [1.29, 1.82) is 0 Å². The fourth-order valence-corrected chi connectivity index (χ4v) is 0.952. The molecule has 1 rings (SSSR count). The number of aryl methyl sites for hydroxylation is 1. The Morgan fingerprint density at radius 1 is 1.15 bits per heavy atom. The molecule has 0 bridgehead atoms. The lowest BCUT2D eigenvalue weighted by molar-refractivity contribution is -0.145. The zero-order valence-corrected chi connectivity index (χ0v) is 7.80. The van der Waals surface area contributed by atoms with Gasteiger partial charge in [-0.05, 0) is 6.92 Å². The van der Waals surface area contributed by atoms with E-state index in [9.17, 15) is 13.2 Å². The Morgan fingerprint density at radius 2 is 1.69 bits per heavy atom. The van der Waals surface area contributed by atoms with Gasteiger partial charge in [-0.3, -0.25) is 0 Å². The molecule has 0 amide bonds. The van der Waals surface area contributed by atoms with E-state index in [1.165, 1.54) is 6.92 Å². The molecule has 0 unspecified atom stereocenters. The molecule has 1 aromatic rings. The minimum Gasteiger partial charge on any atom is -0.228 e. The van der Waals surface area contributed by atoms with Crippen LogP contribution in [0.25, 0.3) is 0 Å². The highest BCUT2D eigenvalue weighted by Crippen LogP contribution is 2.30. The van der Waals surface area contributed by atoms with Crippen LogP contribution in [0.5, 0.6) is 0 Å². The number of rotatable bonds is 0. The van der Waals surface area contributed by atoms with Crippen LogP contribution in [0.1, 0.15) is 11.5 Å². The second-order valence-corrected chi connectivity index (χ2v) is 2.97. The van der Waals surface area contributed by atoms with Crippen LogP contribution >= 0.6 is 23.2 Å². The van der Waals surface area contributed by atoms with Gasteiger partial charge in [-0.1, -0.05) is 23.2 Å². The third kappa shape index (κ3) is 2.22. The molecule has 2 nitrogen and oxygen atoms in total. The van der Waals surface area contributed by atoms with Gasteiger partial charge in [-0.25, -0.2) is 9.97 Å². The molecule has 0 saturated carbocycles. The van der Waals surface area contributed by atoms with E-state index < -0.39 is 12.0 Å². The first-order valence-electron chi connectivity index (χ1n) is 3.09. The fourth-order valence-electron chi connectivity index (χ4n) is 0.651. The smallest absolute Gasteiger partial charge is 0.228 e. The third-order valence-corrected chi connectivity index (χ3v) is 2.05. The van der Waals surface area contributed by atoms with Crippen molar-refractivity contribution >= 4 is 23.2 Å². The topological polar surface area (TPSA) is 25.8 Å². The summed E-state index contributed by atoms with van der Waals surface area (Å²) in [6, 6.07) is 0. The van der Waals surface area contributed by atoms with Crippen LogP contribution in [0.15, 0.2) is 0 Å². The Balaban J connectivity index is 3.29. The number of nitrogens with zero attached hydrogens (tertiary/aromatic N) is 2. The number of hydrogen-bond donors (Lipinski definition) is 0. The Labute approximate surface area is 81.7 Å². The maximum Gasteiger partial charge on any atom is 0.451 e. The van der Waals surface area contributed by atoms with E-state index in [4.69, 9.17) is 23.2 Å². The summed E-state index contributed by atoms with van der Waals surface area (Å²) in [6.45, 7) is 1.32. The predicted octanol–water partition coefficient (Wildman–Crippen LogP) is 3.11. The van der Waals surface area contributed by atoms with Gasteiger partial charge >= 0.3 is 6.18 Å². The minimum atomic E-state index is -4.60. The van der Waals surface area contributed by atoms with Gasteiger partial charge < -0.3 is 0 Å². The molecule has 72 valence electrons. The van der Waals surface area contributed by atoms with Gasteiger partial charge in [-0.15, -0.1) is 0 Å². The summed E-state index contributed by atoms with van der Waals surface area (Å²) in [4.78, 5) is 6.15. The predicted molar refractivity (Wildman–Crippen MR) is 41.8 cm³/mol. The normalized spacial score (nSPS) is 11.8. The molecule has 1 heterocycles. The van der Waals surface area contributed by atoms with Gasteiger partial charge in [0.1, 0.15) is 0 Å². The van der Waals surface area contributed by atoms with E-state index in [-0.39, 0.29) is 15.9 Å². The summed E-state index contributed by atoms with van der Waals surface area (Å²) in [5, 5.41) is -0.448. The number of aromatic nitrogens is 2. The average Bonchev–Trinajstić information content (AvgIpc) is 1.97. The van der Waals surface area contributed by atoms with E-state index in [1.54, 1.807) is 0 Å². The minimum absolute atomic E-state index is 0.00833. The average molecular weight is 231 g/mol. The second kappa shape index (κ2) is 3.31. The molecule has 0 aliphatic carbocycles. The lowest BCUT2D eigenvalue weighted by Gasteiger charge is -2.06. The fraction of sp³-hybridized carbons (Fsp3) is 0.333. The maximum absolute atomic E-state index is 12.1. The Morgan fingerprint density at radius 3 is 2.08 bits per heavy atom. The van der Waals surface area contributed by atoms with Crippen LogP contribution in [0.4, 0.5) is 13.2 Å². The quantitative estimate of drug-likeness (QED) is 0.641. The maximum atomic E-state index is 12.1. The molecule has 0 radical (unpaired) electrons. The molecular weight excluding hydrogens is 228 g/mol. The zero-order chi connectivity index (χ0) is 10.2. The van der Waals surface area contributed by atoms with Crippen LogP contribution < -0.4 is 0 Å². The highest BCUT2D eigenvalue weighted by Gasteiger charge is 2.35. The highest BCUT2D eigenvalue weighted by molar-refractivity contribution is 6.41. The zero-order valence-electron chi connectivity index (χ0n) is 6.28. The largest absolute Gasteiger partial charge is 0.451 e. The standard InChI is InChI=1S/C6H3Cl2F3N2/c1-2-3(7)4(8)13-5(12-2)6(9,10)11/h1H3. The molecular formula is C6H3Cl2F3N2. The Hall–Kier alpha value is -0.550. The van der Waals surface area contributed by atoms with E-state index in [2.05, 4.69) is 9.97 Å². The van der Waals surface area contributed by atoms with Crippen molar-refractivity contribution in [3.8, 4) is 0 Å². The van der Waals surface area contributed by atoms with Gasteiger partial charge in [-0.2, -0.15) is 13.2 Å². The lowest BCUT2D eigenvalue weighted by Crippen LogP contribution is -2.12. The number of hydrogen-bond acceptors (Lipinski definition) is 2. The van der Waals surface area contributed by atoms with Crippen molar-refractivity contribution in [2.45, 2.75) is 13.1 Å². The van der Waals surface area contributed by atoms with E-state index >= 15 is 0 Å². The van der Waals surface area contributed by atoms with Crippen molar-refractivity contribution in [2.75, 3.05) is 0 Å². The van der Waals surface area contributed by atoms with Crippen LogP contribution in [-0.4, -0.2) is 9.97 Å². The van der Waals surface area contributed by atoms with Crippen molar-refractivity contribution in [1.82, 2.24) is 9.97 Å². The molecule has 7 heteroatoms. The van der Waals surface area contributed by atoms with Crippen molar-refractivity contribution in [3.63, 3.8) is 0 Å². The molecule has 0 fully saturated rings. The molecule has 0 saturated heterocycles. The first kappa shape index (κ1) is 10.5. The molecule has 0 atom stereocenters. The van der Waals surface area contributed by atoms with Gasteiger partial charge in [0.15, 0.2) is 5.15 Å². The Bertz CT molecular complexity index is 314. The molecule has 0 aliphatic heterocycles. The summed E-state index contributed by atoms with van der Waals surface area (Å²) in [7, 11) is 0. The molecule has 1 aromatic heterocycles. The second-order valence-electron chi connectivity index (χ2n) is 2.24. The van der Waals surface area contributed by atoms with Gasteiger partial charge in [0, 0.05) is 0 Å². The molecule has 0 aliphatic rings. The summed E-state index contributed by atoms with van der Waals surface area (Å²) in [6.07, 6.45) is -4.60. The summed E-state index contributed by atoms with van der Waals surface area (Å²) < 4.78 is 36.2. The van der Waals surface area contributed by atoms with Gasteiger partial charge in [0.25, 0.3) is 0 Å². The highest BCUT2D eigenvalue weighted by atomic mass is 35.5. The van der Waals surface area contributed by atoms with Crippen LogP contribution in [0.2, 0.25) is 10.2 Å². The van der Waals surface area contributed by atoms with Gasteiger partial charge in [0.2, 0.25) is 5.82 Å². The van der Waals surface area contributed by atoms with Gasteiger partial charge in [0.05, 0.1) is 10.7 Å². The van der Waals surface area contributed by atoms with E-state index in [0.29, 0.717) is 0 Å². The molecule has 0 N–H and O–H groups in total. The first-order chi connectivity index (χ1) is 5.82. The van der Waals surface area contributed by atoms with Crippen molar-refractivity contribution in [3.05, 3.63) is 21.7 Å². The molecule has 0 spiro atoms. The lowest BCUT2D eigenvalue weighted by atomic mass is 10.4. The number of halogens is 5. The Kier molecular flexibility index (Phi) is 2.68. The van der Waals surface area contributed by atoms with E-state index in [1.807, 2.05) is 0 Å². The third-order valence-electron chi connectivity index (χ3n) is 1.23. The van der Waals surface area contributed by atoms with E-state index in [0.717, 1.165) is 0 Å². The van der Waals surface area contributed by atoms with Crippen LogP contribution in [0.3, 0.4) is 0 Å². The van der Waals surface area contributed by atoms with Crippen molar-refractivity contribution in [2.24, 2.45) is 0 Å². The van der Waals surface area contributed by atoms with Crippen LogP contribution in [-0.2, 0) is 6.18 Å². The number of alkyl halides is 3. The molecule has 13 heavy (non-hydrogen) atoms. The summed E-state index contributed by atoms with van der Waals surface area (Å²) in [5.74, 6) is -1.28. The summed E-state index contributed by atoms with van der Waals surface area (Å²) in [5.41, 5.74) is 0.00833. The molecule has 0 aromatic carbocycles. The monoisotopic (exact) mass is 230 g/mol. The SMILES string of the molecule is Cc1nc(C(F)(F)F)nc(Cl)c1Cl. The van der Waals surface area contributed by atoms with Crippen molar-refractivity contribution < 1.29 is 13.2 Å². The summed E-state index contributed by atoms with van der Waals surface area (Å²) >= 11 is 10.8. The first-order valence-corrected chi connectivity index (χ1v) is 3.85. The van der Waals surface area contributed by atoms with Crippen LogP contribution in [0, 0.1) is 6.92 Å².